The van der Waals surface area contributed by atoms with E-state index < -0.39 is 11.8 Å². The van der Waals surface area contributed by atoms with Gasteiger partial charge in [-0.05, 0) is 24.3 Å². The van der Waals surface area contributed by atoms with Crippen LogP contribution >= 0.6 is 0 Å². The van der Waals surface area contributed by atoms with E-state index in [0.29, 0.717) is 5.65 Å². The van der Waals surface area contributed by atoms with Crippen molar-refractivity contribution in [3.8, 4) is 0 Å². The number of aromatic nitrogens is 2. The molecule has 0 aromatic carbocycles. The first-order valence-corrected chi connectivity index (χ1v) is 4.56. The second-order valence-corrected chi connectivity index (χ2v) is 3.15. The predicted molar refractivity (Wildman–Crippen MR) is 57.8 cm³/mol. The summed E-state index contributed by atoms with van der Waals surface area (Å²) in [6.07, 6.45) is 5.80. The quantitative estimate of drug-likeness (QED) is 0.597. The minimum absolute atomic E-state index is 0.699. The Morgan fingerprint density at radius 3 is 3.00 bits per heavy atom. The summed E-state index contributed by atoms with van der Waals surface area (Å²) in [6.45, 7) is 0. The molecule has 0 radical (unpaired) electrons. The molecular weight excluding hydrogens is 208 g/mol. The highest BCUT2D eigenvalue weighted by atomic mass is 16.4. The van der Waals surface area contributed by atoms with Gasteiger partial charge >= 0.3 is 5.97 Å². The Hall–Kier alpha value is -2.43. The van der Waals surface area contributed by atoms with Gasteiger partial charge in [0.1, 0.15) is 5.65 Å². The summed E-state index contributed by atoms with van der Waals surface area (Å²) in [5, 5.41) is 9.25. The maximum atomic E-state index is 10.9. The Balaban J connectivity index is 2.35. The predicted octanol–water partition coefficient (Wildman–Crippen LogP) is 1.23. The van der Waals surface area contributed by atoms with E-state index in [-0.39, 0.29) is 0 Å². The Bertz CT molecular complexity index is 584. The van der Waals surface area contributed by atoms with Crippen LogP contribution in [0.25, 0.3) is 17.1 Å². The van der Waals surface area contributed by atoms with Gasteiger partial charge in [-0.2, -0.15) is 0 Å². The standard InChI is InChI=1S/C11H8N2O3/c14-9(11(15)16)4-3-7-6-13-10-8(7)2-1-5-12-10/h1-6H,(H,12,13)(H,15,16)/b4-3+. The Kier molecular flexibility index (Phi) is 2.51. The topological polar surface area (TPSA) is 83.0 Å². The van der Waals surface area contributed by atoms with E-state index in [1.807, 2.05) is 6.07 Å². The van der Waals surface area contributed by atoms with Gasteiger partial charge in [-0.3, -0.25) is 4.79 Å². The number of hydrogen-bond acceptors (Lipinski definition) is 3. The molecule has 5 heteroatoms. The molecule has 2 rings (SSSR count). The SMILES string of the molecule is O=C(O)C(=O)/C=C/c1c[nH]c2ncccc12. The molecule has 16 heavy (non-hydrogen) atoms. The van der Waals surface area contributed by atoms with E-state index in [9.17, 15) is 9.59 Å². The van der Waals surface area contributed by atoms with Gasteiger partial charge in [0.05, 0.1) is 0 Å². The van der Waals surface area contributed by atoms with E-state index >= 15 is 0 Å². The minimum Gasteiger partial charge on any atom is -0.475 e. The fraction of sp³-hybridized carbons (Fsp3) is 0. The van der Waals surface area contributed by atoms with Crippen molar-refractivity contribution in [3.63, 3.8) is 0 Å². The van der Waals surface area contributed by atoms with Crippen LogP contribution in [-0.4, -0.2) is 26.8 Å². The number of pyridine rings is 1. The van der Waals surface area contributed by atoms with Gasteiger partial charge < -0.3 is 10.1 Å². The van der Waals surface area contributed by atoms with Gasteiger partial charge in [-0.15, -0.1) is 0 Å². The lowest BCUT2D eigenvalue weighted by atomic mass is 10.2. The zero-order chi connectivity index (χ0) is 11.5. The summed E-state index contributed by atoms with van der Waals surface area (Å²) in [7, 11) is 0. The number of nitrogens with one attached hydrogen (secondary N) is 1. The summed E-state index contributed by atoms with van der Waals surface area (Å²) in [6, 6.07) is 3.61. The first-order valence-electron chi connectivity index (χ1n) is 4.56. The van der Waals surface area contributed by atoms with Gasteiger partial charge in [-0.1, -0.05) is 0 Å². The molecule has 0 saturated carbocycles. The van der Waals surface area contributed by atoms with Gasteiger partial charge in [0, 0.05) is 23.3 Å². The molecule has 0 aliphatic carbocycles. The highest BCUT2D eigenvalue weighted by Gasteiger charge is 2.06. The summed E-state index contributed by atoms with van der Waals surface area (Å²) >= 11 is 0. The number of carbonyl (C=O) groups is 2. The van der Waals surface area contributed by atoms with Gasteiger partial charge in [0.25, 0.3) is 5.78 Å². The minimum atomic E-state index is -1.46. The van der Waals surface area contributed by atoms with Gasteiger partial charge in [0.15, 0.2) is 0 Å². The third kappa shape index (κ3) is 1.83. The Morgan fingerprint density at radius 2 is 2.25 bits per heavy atom. The number of carboxylic acids is 1. The zero-order valence-electron chi connectivity index (χ0n) is 8.18. The van der Waals surface area contributed by atoms with Crippen LogP contribution in [0.2, 0.25) is 0 Å². The number of H-pyrrole nitrogens is 1. The van der Waals surface area contributed by atoms with E-state index in [0.717, 1.165) is 17.0 Å². The first kappa shape index (κ1) is 10.1. The highest BCUT2D eigenvalue weighted by molar-refractivity contribution is 6.38. The lowest BCUT2D eigenvalue weighted by Gasteiger charge is -1.89. The molecule has 0 amide bonds. The number of aliphatic carboxylic acids is 1. The fourth-order valence-electron chi connectivity index (χ4n) is 1.35. The third-order valence-electron chi connectivity index (χ3n) is 2.11. The normalized spacial score (nSPS) is 11.0. The van der Waals surface area contributed by atoms with Crippen LogP contribution in [0.3, 0.4) is 0 Å². The molecule has 5 nitrogen and oxygen atoms in total. The van der Waals surface area contributed by atoms with Crippen molar-refractivity contribution in [1.82, 2.24) is 9.97 Å². The van der Waals surface area contributed by atoms with Crippen LogP contribution < -0.4 is 0 Å². The average Bonchev–Trinajstić information content (AvgIpc) is 2.69. The average molecular weight is 216 g/mol. The molecule has 2 aromatic rings. The molecule has 2 N–H and O–H groups in total. The molecule has 0 fully saturated rings. The first-order chi connectivity index (χ1) is 7.68. The molecule has 0 aliphatic heterocycles. The molecule has 0 spiro atoms. The van der Waals surface area contributed by atoms with Crippen molar-refractivity contribution in [3.05, 3.63) is 36.2 Å². The molecule has 0 unspecified atom stereocenters. The van der Waals surface area contributed by atoms with Crippen molar-refractivity contribution >= 4 is 28.9 Å². The summed E-state index contributed by atoms with van der Waals surface area (Å²) in [5.74, 6) is -2.41. The number of aromatic amines is 1. The van der Waals surface area contributed by atoms with Crippen LogP contribution in [0, 0.1) is 0 Å². The number of nitrogens with zero attached hydrogens (tertiary/aromatic N) is 1. The maximum absolute atomic E-state index is 10.9. The van der Waals surface area contributed by atoms with Crippen molar-refractivity contribution in [1.29, 1.82) is 0 Å². The number of rotatable bonds is 3. The Labute approximate surface area is 90.4 Å². The lowest BCUT2D eigenvalue weighted by Crippen LogP contribution is -2.08. The van der Waals surface area contributed by atoms with E-state index in [1.54, 1.807) is 18.5 Å². The molecule has 2 aromatic heterocycles. The lowest BCUT2D eigenvalue weighted by molar-refractivity contribution is -0.146. The number of fused-ring (bicyclic) bond motifs is 1. The smallest absolute Gasteiger partial charge is 0.376 e. The molecule has 80 valence electrons. The van der Waals surface area contributed by atoms with Crippen LogP contribution in [0.1, 0.15) is 5.56 Å². The zero-order valence-corrected chi connectivity index (χ0v) is 8.18. The summed E-state index contributed by atoms with van der Waals surface area (Å²) in [4.78, 5) is 28.2. The Morgan fingerprint density at radius 1 is 1.44 bits per heavy atom. The molecule has 2 heterocycles. The molecule has 0 aliphatic rings. The second-order valence-electron chi connectivity index (χ2n) is 3.15. The fourth-order valence-corrected chi connectivity index (χ4v) is 1.35. The maximum Gasteiger partial charge on any atom is 0.376 e. The van der Waals surface area contributed by atoms with Gasteiger partial charge in [-0.25, -0.2) is 9.78 Å². The van der Waals surface area contributed by atoms with Crippen molar-refractivity contribution in [2.24, 2.45) is 0 Å². The number of carboxylic acid groups (broad SMARTS) is 1. The number of carbonyl (C=O) groups excluding carboxylic acids is 1. The number of hydrogen-bond donors (Lipinski definition) is 2. The third-order valence-corrected chi connectivity index (χ3v) is 2.11. The number of ketones is 1. The largest absolute Gasteiger partial charge is 0.475 e. The monoisotopic (exact) mass is 216 g/mol. The van der Waals surface area contributed by atoms with Gasteiger partial charge in [0.2, 0.25) is 0 Å². The van der Waals surface area contributed by atoms with E-state index in [4.69, 9.17) is 5.11 Å². The van der Waals surface area contributed by atoms with Crippen LogP contribution in [0.5, 0.6) is 0 Å². The van der Waals surface area contributed by atoms with Crippen molar-refractivity contribution in [2.45, 2.75) is 0 Å². The highest BCUT2D eigenvalue weighted by Crippen LogP contribution is 2.16. The second kappa shape index (κ2) is 3.98. The van der Waals surface area contributed by atoms with E-state index in [2.05, 4.69) is 9.97 Å². The van der Waals surface area contributed by atoms with Crippen LogP contribution in [-0.2, 0) is 9.59 Å². The molecule has 0 atom stereocenters. The molecule has 0 bridgehead atoms. The van der Waals surface area contributed by atoms with Crippen LogP contribution in [0.4, 0.5) is 0 Å². The molecule has 0 saturated heterocycles. The van der Waals surface area contributed by atoms with Crippen LogP contribution in [0.15, 0.2) is 30.6 Å². The molecular formula is C11H8N2O3. The van der Waals surface area contributed by atoms with Crippen molar-refractivity contribution in [2.75, 3.05) is 0 Å². The van der Waals surface area contributed by atoms with Crippen molar-refractivity contribution < 1.29 is 14.7 Å². The van der Waals surface area contributed by atoms with E-state index in [1.165, 1.54) is 6.08 Å². The summed E-state index contributed by atoms with van der Waals surface area (Å²) < 4.78 is 0. The summed E-state index contributed by atoms with van der Waals surface area (Å²) in [5.41, 5.74) is 1.43.